The molecule has 1 fully saturated rings. The zero-order chi connectivity index (χ0) is 14.2. The first-order valence-corrected chi connectivity index (χ1v) is 7.18. The molecule has 1 aromatic rings. The van der Waals surface area contributed by atoms with Crippen LogP contribution in [0.2, 0.25) is 0 Å². The Kier molecular flexibility index (Phi) is 3.62. The molecule has 0 bridgehead atoms. The van der Waals surface area contributed by atoms with Crippen molar-refractivity contribution in [2.24, 2.45) is 0 Å². The molecule has 1 atom stereocenters. The number of hydrogen-bond acceptors (Lipinski definition) is 4. The molecule has 104 valence electrons. The highest BCUT2D eigenvalue weighted by Crippen LogP contribution is 2.27. The third-order valence-electron chi connectivity index (χ3n) is 3.16. The molecular formula is C13H18N2O3S. The van der Waals surface area contributed by atoms with Crippen molar-refractivity contribution in [1.82, 2.24) is 9.88 Å². The van der Waals surface area contributed by atoms with Crippen LogP contribution in [-0.2, 0) is 10.2 Å². The average Bonchev–Trinajstić information content (AvgIpc) is 2.96. The van der Waals surface area contributed by atoms with Crippen molar-refractivity contribution in [3.05, 3.63) is 16.1 Å². The van der Waals surface area contributed by atoms with Crippen LogP contribution in [0.1, 0.15) is 49.1 Å². The highest BCUT2D eigenvalue weighted by atomic mass is 32.1. The monoisotopic (exact) mass is 282 g/mol. The molecule has 19 heavy (non-hydrogen) atoms. The first-order valence-electron chi connectivity index (χ1n) is 6.30. The van der Waals surface area contributed by atoms with Crippen LogP contribution in [0.4, 0.5) is 0 Å². The van der Waals surface area contributed by atoms with Gasteiger partial charge in [-0.2, -0.15) is 0 Å². The summed E-state index contributed by atoms with van der Waals surface area (Å²) < 4.78 is 0. The molecule has 5 nitrogen and oxygen atoms in total. The van der Waals surface area contributed by atoms with Gasteiger partial charge in [-0.1, -0.05) is 20.8 Å². The number of aliphatic carboxylic acids is 1. The summed E-state index contributed by atoms with van der Waals surface area (Å²) >= 11 is 1.45. The second-order valence-electron chi connectivity index (χ2n) is 5.78. The maximum Gasteiger partial charge on any atom is 0.326 e. The van der Waals surface area contributed by atoms with E-state index in [4.69, 9.17) is 5.11 Å². The Morgan fingerprint density at radius 2 is 2.16 bits per heavy atom. The molecule has 2 rings (SSSR count). The number of aromatic nitrogens is 1. The van der Waals surface area contributed by atoms with Gasteiger partial charge in [0.05, 0.1) is 5.01 Å². The van der Waals surface area contributed by atoms with E-state index in [1.54, 1.807) is 5.38 Å². The summed E-state index contributed by atoms with van der Waals surface area (Å²) in [5, 5.41) is 11.7. The molecule has 0 spiro atoms. The fourth-order valence-electron chi connectivity index (χ4n) is 2.13. The van der Waals surface area contributed by atoms with E-state index < -0.39 is 12.0 Å². The summed E-state index contributed by atoms with van der Waals surface area (Å²) in [6, 6.07) is -0.702. The van der Waals surface area contributed by atoms with Crippen molar-refractivity contribution < 1.29 is 14.7 Å². The van der Waals surface area contributed by atoms with E-state index in [9.17, 15) is 9.59 Å². The minimum absolute atomic E-state index is 0.0968. The maximum absolute atomic E-state index is 12.3. The van der Waals surface area contributed by atoms with Crippen molar-refractivity contribution in [2.75, 3.05) is 6.54 Å². The van der Waals surface area contributed by atoms with E-state index >= 15 is 0 Å². The van der Waals surface area contributed by atoms with Gasteiger partial charge in [0.15, 0.2) is 0 Å². The number of amides is 1. The second-order valence-corrected chi connectivity index (χ2v) is 6.64. The summed E-state index contributed by atoms with van der Waals surface area (Å²) in [5.74, 6) is -1.20. The Bertz CT molecular complexity index is 504. The van der Waals surface area contributed by atoms with E-state index in [0.717, 1.165) is 11.4 Å². The Morgan fingerprint density at radius 3 is 2.68 bits per heavy atom. The van der Waals surface area contributed by atoms with E-state index in [1.807, 2.05) is 20.8 Å². The Balaban J connectivity index is 2.20. The van der Waals surface area contributed by atoms with Gasteiger partial charge in [0.1, 0.15) is 11.7 Å². The SMILES string of the molecule is CC(C)(C)c1nc(C(=O)N2CCCC2C(=O)O)cs1. The molecule has 1 aromatic heterocycles. The quantitative estimate of drug-likeness (QED) is 0.902. The van der Waals surface area contributed by atoms with Crippen molar-refractivity contribution in [2.45, 2.75) is 45.1 Å². The zero-order valence-corrected chi connectivity index (χ0v) is 12.2. The lowest BCUT2D eigenvalue weighted by Gasteiger charge is -2.20. The van der Waals surface area contributed by atoms with E-state index in [0.29, 0.717) is 18.7 Å². The average molecular weight is 282 g/mol. The molecule has 0 saturated carbocycles. The molecule has 1 unspecified atom stereocenters. The molecule has 1 aliphatic heterocycles. The third kappa shape index (κ3) is 2.78. The summed E-state index contributed by atoms with van der Waals surface area (Å²) in [6.07, 6.45) is 1.26. The zero-order valence-electron chi connectivity index (χ0n) is 11.3. The minimum atomic E-state index is -0.933. The summed E-state index contributed by atoms with van der Waals surface area (Å²) in [4.78, 5) is 29.2. The van der Waals surface area contributed by atoms with Crippen LogP contribution in [0.15, 0.2) is 5.38 Å². The van der Waals surface area contributed by atoms with Crippen LogP contribution in [-0.4, -0.2) is 39.5 Å². The van der Waals surface area contributed by atoms with Crippen molar-refractivity contribution in [3.63, 3.8) is 0 Å². The van der Waals surface area contributed by atoms with Crippen LogP contribution >= 0.6 is 11.3 Å². The van der Waals surface area contributed by atoms with E-state index in [1.165, 1.54) is 16.2 Å². The Labute approximate surface area is 116 Å². The topological polar surface area (TPSA) is 70.5 Å². The van der Waals surface area contributed by atoms with Crippen LogP contribution < -0.4 is 0 Å². The second kappa shape index (κ2) is 4.92. The summed E-state index contributed by atoms with van der Waals surface area (Å²) in [5.41, 5.74) is 0.267. The molecule has 1 amide bonds. The van der Waals surface area contributed by atoms with Crippen LogP contribution in [0, 0.1) is 0 Å². The Morgan fingerprint density at radius 1 is 1.47 bits per heavy atom. The molecule has 1 N–H and O–H groups in total. The number of hydrogen-bond donors (Lipinski definition) is 1. The first-order chi connectivity index (χ1) is 8.80. The van der Waals surface area contributed by atoms with Gasteiger partial charge in [0.25, 0.3) is 5.91 Å². The first kappa shape index (κ1) is 14.0. The molecule has 1 saturated heterocycles. The predicted octanol–water partition coefficient (Wildman–Crippen LogP) is 2.13. The number of likely N-dealkylation sites (tertiary alicyclic amines) is 1. The maximum atomic E-state index is 12.3. The van der Waals surface area contributed by atoms with Crippen molar-refractivity contribution in [1.29, 1.82) is 0 Å². The van der Waals surface area contributed by atoms with Gasteiger partial charge in [-0.3, -0.25) is 4.79 Å². The molecule has 6 heteroatoms. The number of nitrogens with zero attached hydrogens (tertiary/aromatic N) is 2. The fraction of sp³-hybridized carbons (Fsp3) is 0.615. The van der Waals surface area contributed by atoms with Crippen molar-refractivity contribution >= 4 is 23.2 Å². The number of carbonyl (C=O) groups is 2. The lowest BCUT2D eigenvalue weighted by Crippen LogP contribution is -2.40. The van der Waals surface area contributed by atoms with Gasteiger partial charge in [-0.15, -0.1) is 11.3 Å². The Hall–Kier alpha value is -1.43. The summed E-state index contributed by atoms with van der Waals surface area (Å²) in [7, 11) is 0. The third-order valence-corrected chi connectivity index (χ3v) is 4.43. The molecule has 1 aliphatic rings. The van der Waals surface area contributed by atoms with Gasteiger partial charge >= 0.3 is 5.97 Å². The fourth-order valence-corrected chi connectivity index (χ4v) is 3.01. The van der Waals surface area contributed by atoms with Gasteiger partial charge < -0.3 is 10.0 Å². The molecular weight excluding hydrogens is 264 g/mol. The number of carboxylic acid groups (broad SMARTS) is 1. The number of carboxylic acids is 1. The number of rotatable bonds is 2. The van der Waals surface area contributed by atoms with Gasteiger partial charge in [-0.05, 0) is 12.8 Å². The predicted molar refractivity (Wildman–Crippen MR) is 72.5 cm³/mol. The molecule has 0 aromatic carbocycles. The summed E-state index contributed by atoms with van der Waals surface area (Å²) in [6.45, 7) is 6.61. The van der Waals surface area contributed by atoms with Crippen molar-refractivity contribution in [3.8, 4) is 0 Å². The van der Waals surface area contributed by atoms with E-state index in [-0.39, 0.29) is 11.3 Å². The highest BCUT2D eigenvalue weighted by molar-refractivity contribution is 7.10. The minimum Gasteiger partial charge on any atom is -0.480 e. The number of carbonyl (C=O) groups excluding carboxylic acids is 1. The van der Waals surface area contributed by atoms with Crippen LogP contribution in [0.5, 0.6) is 0 Å². The van der Waals surface area contributed by atoms with Crippen LogP contribution in [0.3, 0.4) is 0 Å². The largest absolute Gasteiger partial charge is 0.480 e. The van der Waals surface area contributed by atoms with E-state index in [2.05, 4.69) is 4.98 Å². The normalized spacial score (nSPS) is 19.7. The lowest BCUT2D eigenvalue weighted by molar-refractivity contribution is -0.141. The van der Waals surface area contributed by atoms with Gasteiger partial charge in [0.2, 0.25) is 0 Å². The lowest BCUT2D eigenvalue weighted by atomic mass is 9.98. The van der Waals surface area contributed by atoms with Gasteiger partial charge in [0, 0.05) is 17.3 Å². The molecule has 2 heterocycles. The smallest absolute Gasteiger partial charge is 0.326 e. The van der Waals surface area contributed by atoms with Gasteiger partial charge in [-0.25, -0.2) is 9.78 Å². The standard InChI is InChI=1S/C13H18N2O3S/c1-13(2,3)12-14-8(7-19-12)10(16)15-6-4-5-9(15)11(17)18/h7,9H,4-6H2,1-3H3,(H,17,18). The highest BCUT2D eigenvalue weighted by Gasteiger charge is 2.35. The molecule has 0 radical (unpaired) electrons. The van der Waals surface area contributed by atoms with Crippen LogP contribution in [0.25, 0.3) is 0 Å². The number of thiazole rings is 1. The molecule has 0 aliphatic carbocycles.